The van der Waals surface area contributed by atoms with E-state index in [4.69, 9.17) is 5.73 Å². The largest absolute Gasteiger partial charge is 0.398 e. The molecule has 0 saturated heterocycles. The average Bonchev–Trinajstić information content (AvgIpc) is 2.55. The lowest BCUT2D eigenvalue weighted by atomic mass is 9.93. The van der Waals surface area contributed by atoms with E-state index in [1.54, 1.807) is 12.1 Å². The molecule has 0 spiro atoms. The number of rotatable bonds is 3. The quantitative estimate of drug-likeness (QED) is 0.575. The van der Waals surface area contributed by atoms with Crippen LogP contribution in [0.5, 0.6) is 0 Å². The SMILES string of the molecule is Nc1ccccc1C(=O)c1ccccc1-c1ccccc1. The highest BCUT2D eigenvalue weighted by Gasteiger charge is 2.15. The molecule has 2 nitrogen and oxygen atoms in total. The Morgan fingerprint density at radius 2 is 1.24 bits per heavy atom. The predicted octanol–water partition coefficient (Wildman–Crippen LogP) is 4.17. The van der Waals surface area contributed by atoms with E-state index >= 15 is 0 Å². The molecule has 0 aliphatic rings. The minimum Gasteiger partial charge on any atom is -0.398 e. The lowest BCUT2D eigenvalue weighted by Gasteiger charge is -2.10. The van der Waals surface area contributed by atoms with Gasteiger partial charge in [-0.15, -0.1) is 0 Å². The van der Waals surface area contributed by atoms with Crippen LogP contribution in [0.3, 0.4) is 0 Å². The van der Waals surface area contributed by atoms with Gasteiger partial charge in [-0.05, 0) is 23.3 Å². The molecule has 0 amide bonds. The Morgan fingerprint density at radius 1 is 0.667 bits per heavy atom. The normalized spacial score (nSPS) is 10.3. The van der Waals surface area contributed by atoms with Crippen LogP contribution in [-0.2, 0) is 0 Å². The first-order chi connectivity index (χ1) is 10.3. The molecule has 0 aliphatic carbocycles. The van der Waals surface area contributed by atoms with Crippen molar-refractivity contribution in [3.8, 4) is 11.1 Å². The van der Waals surface area contributed by atoms with E-state index in [0.717, 1.165) is 11.1 Å². The topological polar surface area (TPSA) is 43.1 Å². The minimum absolute atomic E-state index is 0.0486. The maximum atomic E-state index is 12.8. The van der Waals surface area contributed by atoms with Gasteiger partial charge >= 0.3 is 0 Å². The molecule has 0 saturated carbocycles. The Morgan fingerprint density at radius 3 is 1.95 bits per heavy atom. The zero-order valence-corrected chi connectivity index (χ0v) is 11.5. The van der Waals surface area contributed by atoms with E-state index in [1.165, 1.54) is 0 Å². The molecule has 3 aromatic carbocycles. The van der Waals surface area contributed by atoms with Gasteiger partial charge in [-0.25, -0.2) is 0 Å². The van der Waals surface area contributed by atoms with E-state index in [9.17, 15) is 4.79 Å². The second-order valence-electron chi connectivity index (χ2n) is 4.83. The molecule has 0 fully saturated rings. The fraction of sp³-hybridized carbons (Fsp3) is 0. The van der Waals surface area contributed by atoms with Crippen LogP contribution in [0.1, 0.15) is 15.9 Å². The maximum absolute atomic E-state index is 12.8. The highest BCUT2D eigenvalue weighted by atomic mass is 16.1. The first-order valence-corrected chi connectivity index (χ1v) is 6.81. The fourth-order valence-electron chi connectivity index (χ4n) is 2.40. The first-order valence-electron chi connectivity index (χ1n) is 6.81. The van der Waals surface area contributed by atoms with Crippen LogP contribution in [0.4, 0.5) is 5.69 Å². The lowest BCUT2D eigenvalue weighted by molar-refractivity contribution is 0.104. The maximum Gasteiger partial charge on any atom is 0.195 e. The van der Waals surface area contributed by atoms with Gasteiger partial charge in [0.25, 0.3) is 0 Å². The summed E-state index contributed by atoms with van der Waals surface area (Å²) < 4.78 is 0. The Kier molecular flexibility index (Phi) is 3.52. The van der Waals surface area contributed by atoms with Gasteiger partial charge in [0, 0.05) is 16.8 Å². The van der Waals surface area contributed by atoms with Crippen molar-refractivity contribution < 1.29 is 4.79 Å². The molecule has 21 heavy (non-hydrogen) atoms. The number of nitrogens with two attached hydrogens (primary N) is 1. The number of nitrogen functional groups attached to an aromatic ring is 1. The van der Waals surface area contributed by atoms with Crippen molar-refractivity contribution in [1.29, 1.82) is 0 Å². The second kappa shape index (κ2) is 5.63. The van der Waals surface area contributed by atoms with Crippen molar-refractivity contribution in [3.63, 3.8) is 0 Å². The zero-order valence-electron chi connectivity index (χ0n) is 11.5. The molecule has 0 unspecified atom stereocenters. The third kappa shape index (κ3) is 2.56. The van der Waals surface area contributed by atoms with Crippen molar-refractivity contribution in [3.05, 3.63) is 90.0 Å². The molecule has 0 radical (unpaired) electrons. The second-order valence-corrected chi connectivity index (χ2v) is 4.83. The number of carbonyl (C=O) groups excluding carboxylic acids is 1. The Labute approximate surface area is 123 Å². The Balaban J connectivity index is 2.12. The lowest BCUT2D eigenvalue weighted by Crippen LogP contribution is -2.06. The van der Waals surface area contributed by atoms with Crippen LogP contribution in [0.2, 0.25) is 0 Å². The molecule has 0 heterocycles. The number of anilines is 1. The predicted molar refractivity (Wildman–Crippen MR) is 86.2 cm³/mol. The van der Waals surface area contributed by atoms with Crippen LogP contribution in [-0.4, -0.2) is 5.78 Å². The summed E-state index contributed by atoms with van der Waals surface area (Å²) in [4.78, 5) is 12.8. The monoisotopic (exact) mass is 273 g/mol. The summed E-state index contributed by atoms with van der Waals surface area (Å²) in [6.45, 7) is 0. The molecule has 0 aromatic heterocycles. The third-order valence-corrected chi connectivity index (χ3v) is 3.46. The van der Waals surface area contributed by atoms with Gasteiger partial charge in [0.15, 0.2) is 5.78 Å². The van der Waals surface area contributed by atoms with E-state index < -0.39 is 0 Å². The molecule has 3 rings (SSSR count). The van der Waals surface area contributed by atoms with Gasteiger partial charge in [0.1, 0.15) is 0 Å². The van der Waals surface area contributed by atoms with Gasteiger partial charge in [0.2, 0.25) is 0 Å². The number of hydrogen-bond donors (Lipinski definition) is 1. The molecule has 2 N–H and O–H groups in total. The summed E-state index contributed by atoms with van der Waals surface area (Å²) in [6.07, 6.45) is 0. The van der Waals surface area contributed by atoms with Crippen molar-refractivity contribution in [2.75, 3.05) is 5.73 Å². The van der Waals surface area contributed by atoms with Crippen LogP contribution in [0.25, 0.3) is 11.1 Å². The van der Waals surface area contributed by atoms with Gasteiger partial charge in [-0.1, -0.05) is 66.7 Å². The standard InChI is InChI=1S/C19H15NO/c20-18-13-7-6-12-17(18)19(21)16-11-5-4-10-15(16)14-8-2-1-3-9-14/h1-13H,20H2. The Hall–Kier alpha value is -2.87. The van der Waals surface area contributed by atoms with Crippen LogP contribution in [0.15, 0.2) is 78.9 Å². The van der Waals surface area contributed by atoms with Crippen molar-refractivity contribution in [2.45, 2.75) is 0 Å². The van der Waals surface area contributed by atoms with Gasteiger partial charge < -0.3 is 5.73 Å². The van der Waals surface area contributed by atoms with E-state index in [-0.39, 0.29) is 5.78 Å². The van der Waals surface area contributed by atoms with Crippen molar-refractivity contribution in [1.82, 2.24) is 0 Å². The average molecular weight is 273 g/mol. The fourth-order valence-corrected chi connectivity index (χ4v) is 2.40. The van der Waals surface area contributed by atoms with Crippen LogP contribution < -0.4 is 5.73 Å². The summed E-state index contributed by atoms with van der Waals surface area (Å²) in [7, 11) is 0. The molecular formula is C19H15NO. The summed E-state index contributed by atoms with van der Waals surface area (Å²) in [6, 6.07) is 24.7. The summed E-state index contributed by atoms with van der Waals surface area (Å²) >= 11 is 0. The molecule has 2 heteroatoms. The smallest absolute Gasteiger partial charge is 0.195 e. The molecule has 102 valence electrons. The first kappa shape index (κ1) is 13.1. The van der Waals surface area contributed by atoms with Crippen molar-refractivity contribution in [2.24, 2.45) is 0 Å². The van der Waals surface area contributed by atoms with E-state index in [0.29, 0.717) is 16.8 Å². The summed E-state index contributed by atoms with van der Waals surface area (Å²) in [5.74, 6) is -0.0486. The van der Waals surface area contributed by atoms with Gasteiger partial charge in [-0.2, -0.15) is 0 Å². The molecule has 0 bridgehead atoms. The Bertz CT molecular complexity index is 778. The molecular weight excluding hydrogens is 258 g/mol. The van der Waals surface area contributed by atoms with Crippen LogP contribution in [0, 0.1) is 0 Å². The number of ketones is 1. The number of carbonyl (C=O) groups is 1. The van der Waals surface area contributed by atoms with Crippen LogP contribution >= 0.6 is 0 Å². The van der Waals surface area contributed by atoms with Gasteiger partial charge in [0.05, 0.1) is 0 Å². The highest BCUT2D eigenvalue weighted by molar-refractivity contribution is 6.15. The van der Waals surface area contributed by atoms with E-state index in [2.05, 4.69) is 0 Å². The molecule has 0 aliphatic heterocycles. The summed E-state index contributed by atoms with van der Waals surface area (Å²) in [5.41, 5.74) is 9.59. The highest BCUT2D eigenvalue weighted by Crippen LogP contribution is 2.26. The van der Waals surface area contributed by atoms with E-state index in [1.807, 2.05) is 66.7 Å². The number of benzene rings is 3. The van der Waals surface area contributed by atoms with Gasteiger partial charge in [-0.3, -0.25) is 4.79 Å². The number of para-hydroxylation sites is 1. The molecule has 3 aromatic rings. The molecule has 0 atom stereocenters. The number of hydrogen-bond acceptors (Lipinski definition) is 2. The van der Waals surface area contributed by atoms with Crippen molar-refractivity contribution >= 4 is 11.5 Å². The summed E-state index contributed by atoms with van der Waals surface area (Å²) in [5, 5.41) is 0. The zero-order chi connectivity index (χ0) is 14.7. The minimum atomic E-state index is -0.0486. The third-order valence-electron chi connectivity index (χ3n) is 3.46.